The number of amides is 1. The number of aryl methyl sites for hydroxylation is 1. The van der Waals surface area contributed by atoms with Gasteiger partial charge in [0.25, 0.3) is 5.91 Å². The second kappa shape index (κ2) is 9.39. The molecular weight excluding hydrogens is 324 g/mol. The highest BCUT2D eigenvalue weighted by Crippen LogP contribution is 2.23. The maximum atomic E-state index is 12.7. The number of benzene rings is 2. The summed E-state index contributed by atoms with van der Waals surface area (Å²) in [6.45, 7) is 8.49. The summed E-state index contributed by atoms with van der Waals surface area (Å²) in [5.41, 5.74) is 3.29. The van der Waals surface area contributed by atoms with Gasteiger partial charge in [-0.25, -0.2) is 0 Å². The Morgan fingerprint density at radius 3 is 2.31 bits per heavy atom. The molecule has 2 aromatic carbocycles. The Morgan fingerprint density at radius 2 is 1.73 bits per heavy atom. The van der Waals surface area contributed by atoms with Crippen molar-refractivity contribution in [1.29, 1.82) is 0 Å². The number of nitrogens with two attached hydrogens (primary N) is 1. The van der Waals surface area contributed by atoms with Gasteiger partial charge < -0.3 is 15.4 Å². The quantitative estimate of drug-likeness (QED) is 0.761. The van der Waals surface area contributed by atoms with Gasteiger partial charge in [-0.2, -0.15) is 0 Å². The Balaban J connectivity index is 2.08. The number of carbonyl (C=O) groups is 1. The van der Waals surface area contributed by atoms with Crippen LogP contribution in [0.4, 0.5) is 5.69 Å². The molecule has 0 aliphatic carbocycles. The summed E-state index contributed by atoms with van der Waals surface area (Å²) < 4.78 is 5.31. The lowest BCUT2D eigenvalue weighted by Crippen LogP contribution is -2.93. The number of quaternary nitrogens is 1. The van der Waals surface area contributed by atoms with Crippen LogP contribution in [0.15, 0.2) is 48.5 Å². The molecule has 0 aromatic heterocycles. The van der Waals surface area contributed by atoms with Crippen molar-refractivity contribution in [1.82, 2.24) is 0 Å². The monoisotopic (exact) mass is 355 g/mol. The van der Waals surface area contributed by atoms with Crippen molar-refractivity contribution in [2.45, 2.75) is 46.2 Å². The van der Waals surface area contributed by atoms with Gasteiger partial charge in [0.15, 0.2) is 6.04 Å². The Morgan fingerprint density at radius 1 is 1.08 bits per heavy atom. The fourth-order valence-corrected chi connectivity index (χ4v) is 3.09. The predicted octanol–water partition coefficient (Wildman–Crippen LogP) is 3.55. The van der Waals surface area contributed by atoms with Gasteiger partial charge in [-0.05, 0) is 31.0 Å². The average Bonchev–Trinajstić information content (AvgIpc) is 2.66. The lowest BCUT2D eigenvalue weighted by atomic mass is 9.94. The number of nitrogens with one attached hydrogen (secondary N) is 1. The fourth-order valence-electron chi connectivity index (χ4n) is 3.09. The Labute approximate surface area is 157 Å². The van der Waals surface area contributed by atoms with Crippen molar-refractivity contribution in [3.05, 3.63) is 59.7 Å². The first kappa shape index (κ1) is 20.0. The van der Waals surface area contributed by atoms with Gasteiger partial charge in [0, 0.05) is 11.5 Å². The van der Waals surface area contributed by atoms with Gasteiger partial charge >= 0.3 is 0 Å². The third-order valence-corrected chi connectivity index (χ3v) is 4.77. The first-order valence-corrected chi connectivity index (χ1v) is 9.34. The van der Waals surface area contributed by atoms with Crippen molar-refractivity contribution >= 4 is 11.6 Å². The van der Waals surface area contributed by atoms with Crippen LogP contribution in [0.25, 0.3) is 0 Å². The van der Waals surface area contributed by atoms with Crippen LogP contribution < -0.4 is 15.4 Å². The maximum Gasteiger partial charge on any atom is 0.282 e. The van der Waals surface area contributed by atoms with E-state index in [1.54, 1.807) is 7.11 Å². The molecule has 0 heterocycles. The highest BCUT2D eigenvalue weighted by atomic mass is 16.5. The summed E-state index contributed by atoms with van der Waals surface area (Å²) in [6, 6.07) is 16.2. The van der Waals surface area contributed by atoms with Crippen LogP contribution in [0.3, 0.4) is 0 Å². The first-order chi connectivity index (χ1) is 12.5. The Bertz CT molecular complexity index is 710. The normalized spacial score (nSPS) is 13.3. The van der Waals surface area contributed by atoms with E-state index in [4.69, 9.17) is 4.74 Å². The molecule has 2 rings (SSSR count). The molecule has 0 unspecified atom stereocenters. The highest BCUT2D eigenvalue weighted by molar-refractivity contribution is 5.94. The molecule has 2 atom stereocenters. The Kier molecular flexibility index (Phi) is 7.22. The molecular formula is C22H31N2O2+. The Hall–Kier alpha value is -2.33. The van der Waals surface area contributed by atoms with Crippen LogP contribution in [0, 0.1) is 5.92 Å². The predicted molar refractivity (Wildman–Crippen MR) is 106 cm³/mol. The van der Waals surface area contributed by atoms with Crippen molar-refractivity contribution in [2.75, 3.05) is 12.4 Å². The summed E-state index contributed by atoms with van der Waals surface area (Å²) in [4.78, 5) is 12.7. The maximum absolute atomic E-state index is 12.7. The number of anilines is 1. The van der Waals surface area contributed by atoms with E-state index in [9.17, 15) is 4.79 Å². The van der Waals surface area contributed by atoms with Crippen LogP contribution in [-0.2, 0) is 11.2 Å². The number of rotatable bonds is 8. The second-order valence-electron chi connectivity index (χ2n) is 7.04. The molecule has 3 N–H and O–H groups in total. The topological polar surface area (TPSA) is 54.9 Å². The molecule has 0 spiro atoms. The molecule has 0 fully saturated rings. The summed E-state index contributed by atoms with van der Waals surface area (Å²) >= 11 is 0. The van der Waals surface area contributed by atoms with E-state index >= 15 is 0 Å². The first-order valence-electron chi connectivity index (χ1n) is 9.34. The van der Waals surface area contributed by atoms with E-state index in [1.165, 1.54) is 11.1 Å². The average molecular weight is 356 g/mol. The van der Waals surface area contributed by atoms with E-state index in [2.05, 4.69) is 55.7 Å². The van der Waals surface area contributed by atoms with Crippen LogP contribution >= 0.6 is 0 Å². The van der Waals surface area contributed by atoms with Gasteiger partial charge in [-0.15, -0.1) is 0 Å². The number of methoxy groups -OCH3 is 1. The lowest BCUT2D eigenvalue weighted by Gasteiger charge is -2.23. The van der Waals surface area contributed by atoms with E-state index in [1.807, 2.05) is 31.2 Å². The largest absolute Gasteiger partial charge is 0.495 e. The molecule has 140 valence electrons. The van der Waals surface area contributed by atoms with Gasteiger partial charge in [0.05, 0.1) is 12.8 Å². The summed E-state index contributed by atoms with van der Waals surface area (Å²) in [6.07, 6.45) is 1.04. The lowest BCUT2D eigenvalue weighted by molar-refractivity contribution is -0.718. The van der Waals surface area contributed by atoms with Gasteiger partial charge in [0.2, 0.25) is 0 Å². The number of hydrogen-bond acceptors (Lipinski definition) is 2. The van der Waals surface area contributed by atoms with Gasteiger partial charge in [-0.1, -0.05) is 57.2 Å². The van der Waals surface area contributed by atoms with Crippen molar-refractivity contribution < 1.29 is 14.8 Å². The number of ether oxygens (including phenoxy) is 1. The SMILES string of the molecule is CCc1ccc([C@@H]([NH2+][C@@H](C)C(=O)Nc2ccccc2OC)C(C)C)cc1. The highest BCUT2D eigenvalue weighted by Gasteiger charge is 2.26. The molecule has 0 aliphatic rings. The molecule has 0 radical (unpaired) electrons. The van der Waals surface area contributed by atoms with E-state index in [0.717, 1.165) is 6.42 Å². The third kappa shape index (κ3) is 5.09. The molecule has 4 nitrogen and oxygen atoms in total. The molecule has 26 heavy (non-hydrogen) atoms. The van der Waals surface area contributed by atoms with Crippen LogP contribution in [0.2, 0.25) is 0 Å². The van der Waals surface area contributed by atoms with Crippen molar-refractivity contribution in [3.63, 3.8) is 0 Å². The van der Waals surface area contributed by atoms with Crippen LogP contribution in [0.5, 0.6) is 5.75 Å². The molecule has 2 aromatic rings. The number of para-hydroxylation sites is 2. The van der Waals surface area contributed by atoms with E-state index < -0.39 is 0 Å². The summed E-state index contributed by atoms with van der Waals surface area (Å²) in [5, 5.41) is 5.13. The van der Waals surface area contributed by atoms with Gasteiger partial charge in [-0.3, -0.25) is 4.79 Å². The fraction of sp³-hybridized carbons (Fsp3) is 0.409. The molecule has 0 bridgehead atoms. The zero-order chi connectivity index (χ0) is 19.1. The molecule has 4 heteroatoms. The molecule has 0 aliphatic heterocycles. The number of carbonyl (C=O) groups excluding carboxylic acids is 1. The van der Waals surface area contributed by atoms with E-state index in [0.29, 0.717) is 17.4 Å². The van der Waals surface area contributed by atoms with Crippen molar-refractivity contribution in [2.24, 2.45) is 5.92 Å². The molecule has 1 amide bonds. The zero-order valence-corrected chi connectivity index (χ0v) is 16.5. The van der Waals surface area contributed by atoms with Crippen LogP contribution in [-0.4, -0.2) is 19.1 Å². The van der Waals surface area contributed by atoms with E-state index in [-0.39, 0.29) is 18.0 Å². The minimum atomic E-state index is -0.210. The molecule has 0 saturated heterocycles. The third-order valence-electron chi connectivity index (χ3n) is 4.77. The molecule has 0 saturated carbocycles. The standard InChI is InChI=1S/C22H30N2O2/c1-6-17-11-13-18(14-12-17)21(15(2)3)23-16(4)22(25)24-19-9-7-8-10-20(19)26-5/h7-16,21,23H,6H2,1-5H3,(H,24,25)/p+1/t16-,21-/m0/s1. The minimum Gasteiger partial charge on any atom is -0.495 e. The van der Waals surface area contributed by atoms with Gasteiger partial charge in [0.1, 0.15) is 11.8 Å². The minimum absolute atomic E-state index is 0.0228. The summed E-state index contributed by atoms with van der Waals surface area (Å²) in [5.74, 6) is 1.07. The zero-order valence-electron chi connectivity index (χ0n) is 16.5. The summed E-state index contributed by atoms with van der Waals surface area (Å²) in [7, 11) is 1.61. The number of hydrogen-bond donors (Lipinski definition) is 2. The smallest absolute Gasteiger partial charge is 0.282 e. The van der Waals surface area contributed by atoms with Crippen LogP contribution in [0.1, 0.15) is 44.9 Å². The van der Waals surface area contributed by atoms with Crippen molar-refractivity contribution in [3.8, 4) is 5.75 Å². The second-order valence-corrected chi connectivity index (χ2v) is 7.04.